The van der Waals surface area contributed by atoms with E-state index < -0.39 is 0 Å². The largest absolute Gasteiger partial charge is 0.488 e. The summed E-state index contributed by atoms with van der Waals surface area (Å²) in [6.07, 6.45) is 0.767. The van der Waals surface area contributed by atoms with E-state index in [-0.39, 0.29) is 11.7 Å². The number of carbonyl (C=O) groups is 2. The first-order valence-electron chi connectivity index (χ1n) is 7.28. The van der Waals surface area contributed by atoms with Crippen molar-refractivity contribution in [1.29, 1.82) is 0 Å². The molecule has 0 atom stereocenters. The van der Waals surface area contributed by atoms with Crippen molar-refractivity contribution < 1.29 is 19.1 Å². The Morgan fingerprint density at radius 1 is 1.13 bits per heavy atom. The zero-order chi connectivity index (χ0) is 16.5. The Bertz CT molecular complexity index is 655. The molecule has 0 amide bonds. The summed E-state index contributed by atoms with van der Waals surface area (Å²) in [6, 6.07) is 15.0. The van der Waals surface area contributed by atoms with E-state index in [0.29, 0.717) is 29.4 Å². The number of hydrogen-bond acceptors (Lipinski definition) is 5. The molecule has 0 heterocycles. The molecule has 0 fully saturated rings. The molecule has 4 nitrogen and oxygen atoms in total. The van der Waals surface area contributed by atoms with Crippen LogP contribution in [0, 0.1) is 0 Å². The predicted octanol–water partition coefficient (Wildman–Crippen LogP) is 3.73. The fraction of sp³-hybridized carbons (Fsp3) is 0.222. The van der Waals surface area contributed by atoms with E-state index in [4.69, 9.17) is 9.47 Å². The van der Waals surface area contributed by atoms with E-state index >= 15 is 0 Å². The number of ether oxygens (including phenoxy) is 2. The van der Waals surface area contributed by atoms with Gasteiger partial charge in [0.25, 0.3) is 0 Å². The molecule has 120 valence electrons. The fourth-order valence-corrected chi connectivity index (χ4v) is 2.86. The number of benzene rings is 2. The minimum Gasteiger partial charge on any atom is -0.488 e. The molecule has 0 aliphatic heterocycles. The van der Waals surface area contributed by atoms with Crippen LogP contribution >= 0.6 is 11.8 Å². The number of rotatable bonds is 8. The third kappa shape index (κ3) is 5.14. The Morgan fingerprint density at radius 2 is 1.91 bits per heavy atom. The maximum Gasteiger partial charge on any atom is 0.316 e. The fourth-order valence-electron chi connectivity index (χ4n) is 1.96. The van der Waals surface area contributed by atoms with Gasteiger partial charge in [-0.05, 0) is 18.6 Å². The van der Waals surface area contributed by atoms with Crippen LogP contribution in [0.2, 0.25) is 0 Å². The molecule has 0 aliphatic rings. The van der Waals surface area contributed by atoms with Crippen LogP contribution in [0.3, 0.4) is 0 Å². The van der Waals surface area contributed by atoms with Crippen LogP contribution in [0.1, 0.15) is 22.8 Å². The van der Waals surface area contributed by atoms with Crippen LogP contribution in [0.25, 0.3) is 0 Å². The lowest BCUT2D eigenvalue weighted by Gasteiger charge is -2.13. The highest BCUT2D eigenvalue weighted by Gasteiger charge is 2.13. The average Bonchev–Trinajstić information content (AvgIpc) is 2.59. The van der Waals surface area contributed by atoms with Crippen LogP contribution < -0.4 is 4.74 Å². The molecule has 0 spiro atoms. The summed E-state index contributed by atoms with van der Waals surface area (Å²) in [5.74, 6) is 0.417. The molecular weight excluding hydrogens is 312 g/mol. The SMILES string of the molecule is CCOC(=O)CSc1c(C=O)cccc1OCc1ccccc1. The van der Waals surface area contributed by atoms with E-state index in [1.807, 2.05) is 30.3 Å². The molecule has 0 saturated heterocycles. The second-order valence-electron chi connectivity index (χ2n) is 4.66. The molecular formula is C18H18O4S. The van der Waals surface area contributed by atoms with Gasteiger partial charge in [0.1, 0.15) is 12.4 Å². The molecule has 0 saturated carbocycles. The number of hydrogen-bond donors (Lipinski definition) is 0. The standard InChI is InChI=1S/C18H18O4S/c1-2-21-17(20)13-23-18-15(11-19)9-6-10-16(18)22-12-14-7-4-3-5-8-14/h3-11H,2,12-13H2,1H3. The van der Waals surface area contributed by atoms with Crippen molar-refractivity contribution in [3.63, 3.8) is 0 Å². The van der Waals surface area contributed by atoms with Gasteiger partial charge in [-0.25, -0.2) is 0 Å². The Balaban J connectivity index is 2.11. The van der Waals surface area contributed by atoms with Gasteiger partial charge in [-0.3, -0.25) is 9.59 Å². The molecule has 2 aromatic rings. The van der Waals surface area contributed by atoms with Crippen LogP contribution in [0.5, 0.6) is 5.75 Å². The van der Waals surface area contributed by atoms with Gasteiger partial charge in [-0.2, -0.15) is 0 Å². The molecule has 23 heavy (non-hydrogen) atoms. The number of esters is 1. The van der Waals surface area contributed by atoms with Crippen molar-refractivity contribution in [2.75, 3.05) is 12.4 Å². The molecule has 0 unspecified atom stereocenters. The second kappa shape index (κ2) is 9.00. The van der Waals surface area contributed by atoms with Gasteiger partial charge in [0.05, 0.1) is 17.3 Å². The van der Waals surface area contributed by atoms with Crippen molar-refractivity contribution in [2.45, 2.75) is 18.4 Å². The van der Waals surface area contributed by atoms with Gasteiger partial charge in [0, 0.05) is 5.56 Å². The van der Waals surface area contributed by atoms with Crippen molar-refractivity contribution in [3.8, 4) is 5.75 Å². The monoisotopic (exact) mass is 330 g/mol. The van der Waals surface area contributed by atoms with E-state index in [0.717, 1.165) is 11.8 Å². The van der Waals surface area contributed by atoms with Crippen molar-refractivity contribution >= 4 is 24.0 Å². The minimum absolute atomic E-state index is 0.139. The zero-order valence-electron chi connectivity index (χ0n) is 12.9. The molecule has 0 bridgehead atoms. The summed E-state index contributed by atoms with van der Waals surface area (Å²) in [4.78, 5) is 23.4. The predicted molar refractivity (Wildman–Crippen MR) is 90.0 cm³/mol. The van der Waals surface area contributed by atoms with Crippen molar-refractivity contribution in [2.24, 2.45) is 0 Å². The maximum absolute atomic E-state index is 11.5. The molecule has 5 heteroatoms. The number of carbonyl (C=O) groups excluding carboxylic acids is 2. The van der Waals surface area contributed by atoms with Crippen LogP contribution in [0.15, 0.2) is 53.4 Å². The van der Waals surface area contributed by atoms with E-state index in [1.165, 1.54) is 11.8 Å². The molecule has 0 aromatic heterocycles. The Labute approximate surface area is 139 Å². The smallest absolute Gasteiger partial charge is 0.316 e. The summed E-state index contributed by atoms with van der Waals surface area (Å²) >= 11 is 1.25. The first kappa shape index (κ1) is 17.1. The molecule has 0 radical (unpaired) electrons. The van der Waals surface area contributed by atoms with Crippen molar-refractivity contribution in [3.05, 3.63) is 59.7 Å². The maximum atomic E-state index is 11.5. The topological polar surface area (TPSA) is 52.6 Å². The summed E-state index contributed by atoms with van der Waals surface area (Å²) in [5, 5.41) is 0. The average molecular weight is 330 g/mol. The normalized spacial score (nSPS) is 10.1. The van der Waals surface area contributed by atoms with E-state index in [9.17, 15) is 9.59 Å². The summed E-state index contributed by atoms with van der Waals surface area (Å²) in [5.41, 5.74) is 1.54. The van der Waals surface area contributed by atoms with Gasteiger partial charge in [-0.15, -0.1) is 11.8 Å². The van der Waals surface area contributed by atoms with Crippen LogP contribution in [-0.2, 0) is 16.1 Å². The summed E-state index contributed by atoms with van der Waals surface area (Å²) < 4.78 is 10.7. The lowest BCUT2D eigenvalue weighted by molar-refractivity contribution is -0.139. The van der Waals surface area contributed by atoms with Crippen molar-refractivity contribution in [1.82, 2.24) is 0 Å². The van der Waals surface area contributed by atoms with Gasteiger partial charge in [0.15, 0.2) is 6.29 Å². The third-order valence-electron chi connectivity index (χ3n) is 3.01. The van der Waals surface area contributed by atoms with Gasteiger partial charge < -0.3 is 9.47 Å². The lowest BCUT2D eigenvalue weighted by atomic mass is 10.2. The first-order chi connectivity index (χ1) is 11.2. The lowest BCUT2D eigenvalue weighted by Crippen LogP contribution is -2.07. The second-order valence-corrected chi connectivity index (χ2v) is 5.65. The summed E-state index contributed by atoms with van der Waals surface area (Å²) in [7, 11) is 0. The van der Waals surface area contributed by atoms with Gasteiger partial charge in [0.2, 0.25) is 0 Å². The van der Waals surface area contributed by atoms with E-state index in [2.05, 4.69) is 0 Å². The van der Waals surface area contributed by atoms with Gasteiger partial charge >= 0.3 is 5.97 Å². The van der Waals surface area contributed by atoms with Crippen LogP contribution in [-0.4, -0.2) is 24.6 Å². The Kier molecular flexibility index (Phi) is 6.69. The third-order valence-corrected chi connectivity index (χ3v) is 4.12. The minimum atomic E-state index is -0.313. The quantitative estimate of drug-likeness (QED) is 0.419. The first-order valence-corrected chi connectivity index (χ1v) is 8.26. The zero-order valence-corrected chi connectivity index (χ0v) is 13.7. The highest BCUT2D eigenvalue weighted by atomic mass is 32.2. The highest BCUT2D eigenvalue weighted by Crippen LogP contribution is 2.32. The number of thioether (sulfide) groups is 1. The molecule has 2 aromatic carbocycles. The molecule has 0 N–H and O–H groups in total. The summed E-state index contributed by atoms with van der Waals surface area (Å²) in [6.45, 7) is 2.50. The van der Waals surface area contributed by atoms with E-state index in [1.54, 1.807) is 25.1 Å². The highest BCUT2D eigenvalue weighted by molar-refractivity contribution is 8.00. The Hall–Kier alpha value is -2.27. The Morgan fingerprint density at radius 3 is 2.61 bits per heavy atom. The van der Waals surface area contributed by atoms with Crippen LogP contribution in [0.4, 0.5) is 0 Å². The van der Waals surface area contributed by atoms with Gasteiger partial charge in [-0.1, -0.05) is 42.5 Å². The molecule has 2 rings (SSSR count). The number of aldehydes is 1. The molecule has 0 aliphatic carbocycles.